The summed E-state index contributed by atoms with van der Waals surface area (Å²) in [4.78, 5) is 12.5. The Labute approximate surface area is 120 Å². The van der Waals surface area contributed by atoms with E-state index in [9.17, 15) is 4.79 Å². The zero-order valence-corrected chi connectivity index (χ0v) is 12.3. The first kappa shape index (κ1) is 13.6. The Morgan fingerprint density at radius 1 is 1.21 bits per heavy atom. The number of carbonyl (C=O) groups excluding carboxylic acids is 1. The molecule has 0 aliphatic carbocycles. The number of rotatable bonds is 3. The summed E-state index contributed by atoms with van der Waals surface area (Å²) >= 11 is 3.36. The molecule has 19 heavy (non-hydrogen) atoms. The number of hydrogen-bond donors (Lipinski definition) is 1. The van der Waals surface area contributed by atoms with Gasteiger partial charge in [0, 0.05) is 15.7 Å². The zero-order valence-electron chi connectivity index (χ0n) is 10.7. The highest BCUT2D eigenvalue weighted by Gasteiger charge is 2.15. The molecule has 0 unspecified atom stereocenters. The van der Waals surface area contributed by atoms with Gasteiger partial charge in [0.1, 0.15) is 5.75 Å². The van der Waals surface area contributed by atoms with Gasteiger partial charge < -0.3 is 10.5 Å². The fraction of sp³-hybridized carbons (Fsp3) is 0.133. The number of hydrogen-bond acceptors (Lipinski definition) is 3. The minimum Gasteiger partial charge on any atom is -0.496 e. The van der Waals surface area contributed by atoms with E-state index in [-0.39, 0.29) is 5.78 Å². The summed E-state index contributed by atoms with van der Waals surface area (Å²) < 4.78 is 6.07. The number of halogens is 1. The number of nitrogens with two attached hydrogens (primary N) is 1. The topological polar surface area (TPSA) is 52.3 Å². The molecule has 0 bridgehead atoms. The van der Waals surface area contributed by atoms with Crippen LogP contribution in [-0.4, -0.2) is 12.9 Å². The first-order valence-corrected chi connectivity index (χ1v) is 6.56. The summed E-state index contributed by atoms with van der Waals surface area (Å²) in [6.45, 7) is 1.88. The third-order valence-corrected chi connectivity index (χ3v) is 3.43. The minimum absolute atomic E-state index is 0.0822. The summed E-state index contributed by atoms with van der Waals surface area (Å²) in [5.41, 5.74) is 8.46. The highest BCUT2D eigenvalue weighted by molar-refractivity contribution is 9.10. The summed E-state index contributed by atoms with van der Waals surface area (Å²) in [7, 11) is 1.55. The molecule has 2 N–H and O–H groups in total. The smallest absolute Gasteiger partial charge is 0.196 e. The molecule has 98 valence electrons. The summed E-state index contributed by atoms with van der Waals surface area (Å²) in [5, 5.41) is 0. The van der Waals surface area contributed by atoms with Gasteiger partial charge in [0.2, 0.25) is 0 Å². The van der Waals surface area contributed by atoms with Crippen LogP contribution in [0.5, 0.6) is 5.75 Å². The maximum Gasteiger partial charge on any atom is 0.196 e. The molecule has 0 aliphatic rings. The molecule has 2 rings (SSSR count). The fourth-order valence-corrected chi connectivity index (χ4v) is 2.19. The Balaban J connectivity index is 2.49. The van der Waals surface area contributed by atoms with Crippen molar-refractivity contribution in [2.24, 2.45) is 0 Å². The Morgan fingerprint density at radius 3 is 2.58 bits per heavy atom. The Kier molecular flexibility index (Phi) is 3.90. The lowest BCUT2D eigenvalue weighted by Crippen LogP contribution is -2.05. The van der Waals surface area contributed by atoms with Crippen LogP contribution in [0.4, 0.5) is 5.69 Å². The van der Waals surface area contributed by atoms with Crippen LogP contribution in [0.15, 0.2) is 40.9 Å². The van der Waals surface area contributed by atoms with Crippen molar-refractivity contribution >= 4 is 27.4 Å². The van der Waals surface area contributed by atoms with Crippen LogP contribution in [0, 0.1) is 6.92 Å². The SMILES string of the molecule is COc1ccc(Br)cc1C(=O)c1ccc(N)c(C)c1. The second-order valence-electron chi connectivity index (χ2n) is 4.25. The molecule has 0 heterocycles. The molecular weight excluding hydrogens is 306 g/mol. The van der Waals surface area contributed by atoms with E-state index in [4.69, 9.17) is 10.5 Å². The molecule has 0 fully saturated rings. The van der Waals surface area contributed by atoms with Gasteiger partial charge in [-0.25, -0.2) is 0 Å². The van der Waals surface area contributed by atoms with E-state index in [0.29, 0.717) is 22.6 Å². The number of ether oxygens (including phenoxy) is 1. The molecule has 0 spiro atoms. The Bertz CT molecular complexity index is 638. The summed E-state index contributed by atoms with van der Waals surface area (Å²) in [5.74, 6) is 0.476. The highest BCUT2D eigenvalue weighted by atomic mass is 79.9. The third-order valence-electron chi connectivity index (χ3n) is 2.94. The van der Waals surface area contributed by atoms with Gasteiger partial charge in [-0.05, 0) is 48.9 Å². The highest BCUT2D eigenvalue weighted by Crippen LogP contribution is 2.26. The lowest BCUT2D eigenvalue weighted by Gasteiger charge is -2.09. The molecule has 0 aromatic heterocycles. The Hall–Kier alpha value is -1.81. The number of aryl methyl sites for hydroxylation is 1. The van der Waals surface area contributed by atoms with Crippen LogP contribution < -0.4 is 10.5 Å². The normalized spacial score (nSPS) is 10.3. The van der Waals surface area contributed by atoms with E-state index in [1.807, 2.05) is 13.0 Å². The molecule has 0 radical (unpaired) electrons. The quantitative estimate of drug-likeness (QED) is 0.695. The molecule has 3 nitrogen and oxygen atoms in total. The maximum absolute atomic E-state index is 12.5. The second-order valence-corrected chi connectivity index (χ2v) is 5.16. The number of anilines is 1. The van der Waals surface area contributed by atoms with Crippen molar-refractivity contribution in [3.05, 3.63) is 57.6 Å². The van der Waals surface area contributed by atoms with Gasteiger partial charge >= 0.3 is 0 Å². The van der Waals surface area contributed by atoms with Gasteiger partial charge in [0.05, 0.1) is 12.7 Å². The van der Waals surface area contributed by atoms with Gasteiger partial charge in [0.25, 0.3) is 0 Å². The number of methoxy groups -OCH3 is 1. The van der Waals surface area contributed by atoms with Crippen molar-refractivity contribution in [2.75, 3.05) is 12.8 Å². The van der Waals surface area contributed by atoms with Crippen molar-refractivity contribution in [3.63, 3.8) is 0 Å². The largest absolute Gasteiger partial charge is 0.496 e. The third kappa shape index (κ3) is 2.79. The van der Waals surface area contributed by atoms with Crippen LogP contribution in [0.3, 0.4) is 0 Å². The van der Waals surface area contributed by atoms with Crippen LogP contribution in [0.1, 0.15) is 21.5 Å². The van der Waals surface area contributed by atoms with E-state index in [0.717, 1.165) is 10.0 Å². The molecule has 2 aromatic rings. The van der Waals surface area contributed by atoms with Gasteiger partial charge in [-0.15, -0.1) is 0 Å². The molecule has 0 saturated heterocycles. The molecule has 0 atom stereocenters. The molecule has 0 amide bonds. The van der Waals surface area contributed by atoms with E-state index < -0.39 is 0 Å². The predicted octanol–water partition coefficient (Wildman–Crippen LogP) is 3.58. The minimum atomic E-state index is -0.0822. The van der Waals surface area contributed by atoms with E-state index in [2.05, 4.69) is 15.9 Å². The van der Waals surface area contributed by atoms with Gasteiger partial charge in [-0.2, -0.15) is 0 Å². The van der Waals surface area contributed by atoms with Crippen molar-refractivity contribution < 1.29 is 9.53 Å². The zero-order chi connectivity index (χ0) is 14.0. The first-order chi connectivity index (χ1) is 9.02. The van der Waals surface area contributed by atoms with E-state index in [1.165, 1.54) is 0 Å². The standard InChI is InChI=1S/C15H14BrNO2/c1-9-7-10(3-5-13(9)17)15(18)12-8-11(16)4-6-14(12)19-2/h3-8H,17H2,1-2H3. The van der Waals surface area contributed by atoms with Crippen LogP contribution in [0.25, 0.3) is 0 Å². The Morgan fingerprint density at radius 2 is 1.95 bits per heavy atom. The predicted molar refractivity (Wildman–Crippen MR) is 79.7 cm³/mol. The average molecular weight is 320 g/mol. The van der Waals surface area contributed by atoms with Gasteiger partial charge in [-0.1, -0.05) is 15.9 Å². The molecular formula is C15H14BrNO2. The molecule has 0 saturated carbocycles. The lowest BCUT2D eigenvalue weighted by atomic mass is 10.0. The van der Waals surface area contributed by atoms with Crippen LogP contribution in [-0.2, 0) is 0 Å². The van der Waals surface area contributed by atoms with E-state index >= 15 is 0 Å². The maximum atomic E-state index is 12.5. The lowest BCUT2D eigenvalue weighted by molar-refractivity contribution is 0.103. The monoisotopic (exact) mass is 319 g/mol. The van der Waals surface area contributed by atoms with Crippen LogP contribution >= 0.6 is 15.9 Å². The fourth-order valence-electron chi connectivity index (χ4n) is 1.83. The molecule has 0 aliphatic heterocycles. The van der Waals surface area contributed by atoms with E-state index in [1.54, 1.807) is 37.4 Å². The van der Waals surface area contributed by atoms with Crippen molar-refractivity contribution in [1.29, 1.82) is 0 Å². The number of nitrogen functional groups attached to an aromatic ring is 1. The van der Waals surface area contributed by atoms with Gasteiger partial charge in [-0.3, -0.25) is 4.79 Å². The average Bonchev–Trinajstić information content (AvgIpc) is 2.41. The summed E-state index contributed by atoms with van der Waals surface area (Å²) in [6, 6.07) is 10.6. The molecule has 2 aromatic carbocycles. The number of benzene rings is 2. The van der Waals surface area contributed by atoms with Crippen molar-refractivity contribution in [1.82, 2.24) is 0 Å². The van der Waals surface area contributed by atoms with Crippen molar-refractivity contribution in [3.8, 4) is 5.75 Å². The number of ketones is 1. The molecule has 4 heteroatoms. The van der Waals surface area contributed by atoms with Gasteiger partial charge in [0.15, 0.2) is 5.78 Å². The second kappa shape index (κ2) is 5.45. The van der Waals surface area contributed by atoms with Crippen molar-refractivity contribution in [2.45, 2.75) is 6.92 Å². The summed E-state index contributed by atoms with van der Waals surface area (Å²) in [6.07, 6.45) is 0. The first-order valence-electron chi connectivity index (χ1n) is 5.77. The van der Waals surface area contributed by atoms with Crippen LogP contribution in [0.2, 0.25) is 0 Å². The number of carbonyl (C=O) groups is 1.